The second-order valence-corrected chi connectivity index (χ2v) is 0.750. The van der Waals surface area contributed by atoms with Crippen molar-refractivity contribution in [3.05, 3.63) is 0 Å². The van der Waals surface area contributed by atoms with Crippen LogP contribution in [0.3, 0.4) is 0 Å². The molecule has 0 aromatic heterocycles. The van der Waals surface area contributed by atoms with E-state index in [-0.39, 0.29) is 54.7 Å². The van der Waals surface area contributed by atoms with Crippen LogP contribution >= 0.6 is 0 Å². The van der Waals surface area contributed by atoms with Gasteiger partial charge in [-0.05, 0) is 0 Å². The second kappa shape index (κ2) is 9.64. The molecule has 0 aliphatic rings. The van der Waals surface area contributed by atoms with Crippen LogP contribution in [0.25, 0.3) is 0 Å². The molecule has 0 amide bonds. The largest absolute Gasteiger partial charge is 3.00 e. The third-order valence-corrected chi connectivity index (χ3v) is 0. The van der Waals surface area contributed by atoms with E-state index in [0.29, 0.717) is 0 Å². The van der Waals surface area contributed by atoms with Crippen molar-refractivity contribution >= 4 is 26.5 Å². The second-order valence-electron chi connectivity index (χ2n) is 0.250. The SMILES string of the molecule is O=[Si]([O-])[O-].[Al+3].[Er+3]. The van der Waals surface area contributed by atoms with Crippen molar-refractivity contribution in [2.24, 2.45) is 0 Å². The summed E-state index contributed by atoms with van der Waals surface area (Å²) in [5.41, 5.74) is 0. The minimum absolute atomic E-state index is 0. The zero-order valence-corrected chi connectivity index (χ0v) is 6.60. The Hall–Kier alpha value is 1.40. The maximum Gasteiger partial charge on any atom is 3.00 e. The fourth-order valence-electron chi connectivity index (χ4n) is 0. The molecule has 0 heterocycles. The molecule has 0 aliphatic carbocycles. The van der Waals surface area contributed by atoms with Crippen LogP contribution in [0.1, 0.15) is 0 Å². The zero-order chi connectivity index (χ0) is 3.58. The molecule has 1 radical (unpaired) electrons. The van der Waals surface area contributed by atoms with Crippen molar-refractivity contribution in [1.82, 2.24) is 0 Å². The van der Waals surface area contributed by atoms with Crippen LogP contribution in [-0.2, 0) is 4.46 Å². The van der Waals surface area contributed by atoms with E-state index in [1.807, 2.05) is 0 Å². The summed E-state index contributed by atoms with van der Waals surface area (Å²) in [4.78, 5) is 17.0. The Kier molecular flexibility index (Phi) is 25.1. The van der Waals surface area contributed by atoms with Gasteiger partial charge >= 0.3 is 54.7 Å². The molecule has 0 atom stereocenters. The van der Waals surface area contributed by atoms with Gasteiger partial charge in [-0.15, -0.1) is 0 Å². The molecule has 0 aromatic carbocycles. The van der Waals surface area contributed by atoms with Gasteiger partial charge in [0.25, 0.3) is 0 Å². The van der Waals surface area contributed by atoms with Crippen molar-refractivity contribution < 1.29 is 51.4 Å². The smallest absolute Gasteiger partial charge is 0.672 e. The van der Waals surface area contributed by atoms with Crippen molar-refractivity contribution in [1.29, 1.82) is 0 Å². The van der Waals surface area contributed by atoms with E-state index in [1.165, 1.54) is 0 Å². The summed E-state index contributed by atoms with van der Waals surface area (Å²) in [5, 5.41) is 0. The third-order valence-electron chi connectivity index (χ3n) is 0. The Bertz CT molecular complexity index is 33.8. The van der Waals surface area contributed by atoms with E-state index in [9.17, 15) is 0 Å². The van der Waals surface area contributed by atoms with Crippen LogP contribution in [0.5, 0.6) is 0 Å². The first kappa shape index (κ1) is 15.7. The number of rotatable bonds is 0. The Labute approximate surface area is 77.0 Å². The van der Waals surface area contributed by atoms with Gasteiger partial charge in [0.15, 0.2) is 0 Å². The molecule has 0 bridgehead atoms. The van der Waals surface area contributed by atoms with Gasteiger partial charge in [0.2, 0.25) is 0 Å². The molecule has 0 saturated carbocycles. The maximum atomic E-state index is 8.52. The molecule has 0 fully saturated rings. The molecular weight excluding hydrogens is 270 g/mol. The quantitative estimate of drug-likeness (QED) is 0.434. The zero-order valence-electron chi connectivity index (χ0n) is 2.59. The fraction of sp³-hybridized carbons (Fsp3) is 0. The van der Waals surface area contributed by atoms with Gasteiger partial charge in [-0.2, -0.15) is 0 Å². The predicted molar refractivity (Wildman–Crippen MR) is 12.2 cm³/mol. The minimum Gasteiger partial charge on any atom is -0.672 e. The van der Waals surface area contributed by atoms with Gasteiger partial charge in [-0.1, -0.05) is 0 Å². The molecule has 0 unspecified atom stereocenters. The third kappa shape index (κ3) is 53.5. The molecule has 0 spiro atoms. The first-order valence-corrected chi connectivity index (χ1v) is 1.84. The van der Waals surface area contributed by atoms with Gasteiger partial charge in [0, 0.05) is 9.17 Å². The van der Waals surface area contributed by atoms with Crippen LogP contribution in [0.15, 0.2) is 0 Å². The molecule has 33 valence electrons. The Balaban J connectivity index is -0.0000000450. The summed E-state index contributed by atoms with van der Waals surface area (Å²) >= 11 is 0. The monoisotopic (exact) mass is 269 g/mol. The maximum absolute atomic E-state index is 8.52. The van der Waals surface area contributed by atoms with E-state index in [1.54, 1.807) is 0 Å². The molecular formula is AlErO3Si+4. The van der Waals surface area contributed by atoms with Crippen LogP contribution < -0.4 is 9.59 Å². The van der Waals surface area contributed by atoms with Gasteiger partial charge in [0.1, 0.15) is 0 Å². The standard InChI is InChI=1S/Al.Er.O3Si/c;;1-4(2)3/q2*+3;-2. The van der Waals surface area contributed by atoms with E-state index in [2.05, 4.69) is 0 Å². The predicted octanol–water partition coefficient (Wildman–Crippen LogP) is -3.26. The molecule has 0 saturated heterocycles. The Morgan fingerprint density at radius 1 is 1.33 bits per heavy atom. The molecule has 6 heavy (non-hydrogen) atoms. The number of hydrogen-bond donors (Lipinski definition) is 0. The van der Waals surface area contributed by atoms with Crippen LogP contribution in [0.4, 0.5) is 0 Å². The van der Waals surface area contributed by atoms with Gasteiger partial charge in [-0.25, -0.2) is 0 Å². The molecule has 0 N–H and O–H groups in total. The van der Waals surface area contributed by atoms with Crippen molar-refractivity contribution in [3.8, 4) is 0 Å². The molecule has 6 heteroatoms. The summed E-state index contributed by atoms with van der Waals surface area (Å²) in [6.45, 7) is 0. The van der Waals surface area contributed by atoms with Crippen LogP contribution in [-0.4, -0.2) is 26.5 Å². The summed E-state index contributed by atoms with van der Waals surface area (Å²) in [6.07, 6.45) is 0. The summed E-state index contributed by atoms with van der Waals surface area (Å²) in [6, 6.07) is 0. The summed E-state index contributed by atoms with van der Waals surface area (Å²) in [5.74, 6) is 0. The van der Waals surface area contributed by atoms with Crippen LogP contribution in [0, 0.1) is 37.3 Å². The van der Waals surface area contributed by atoms with Crippen molar-refractivity contribution in [2.45, 2.75) is 0 Å². The van der Waals surface area contributed by atoms with E-state index in [0.717, 1.165) is 0 Å². The molecule has 0 rings (SSSR count). The summed E-state index contributed by atoms with van der Waals surface area (Å²) in [7, 11) is -3.63. The van der Waals surface area contributed by atoms with E-state index in [4.69, 9.17) is 14.1 Å². The summed E-state index contributed by atoms with van der Waals surface area (Å²) < 4.78 is 8.52. The van der Waals surface area contributed by atoms with E-state index < -0.39 is 9.17 Å². The molecule has 0 aliphatic heterocycles. The van der Waals surface area contributed by atoms with Crippen molar-refractivity contribution in [2.75, 3.05) is 0 Å². The molecule has 0 aromatic rings. The Morgan fingerprint density at radius 2 is 1.33 bits per heavy atom. The van der Waals surface area contributed by atoms with Gasteiger partial charge in [-0.3, -0.25) is 0 Å². The Morgan fingerprint density at radius 3 is 1.33 bits per heavy atom. The fourth-order valence-corrected chi connectivity index (χ4v) is 0. The average molecular weight is 270 g/mol. The van der Waals surface area contributed by atoms with Crippen LogP contribution in [0.2, 0.25) is 0 Å². The molecule has 3 nitrogen and oxygen atoms in total. The van der Waals surface area contributed by atoms with Gasteiger partial charge in [0.05, 0.1) is 0 Å². The first-order chi connectivity index (χ1) is 1.73. The minimum atomic E-state index is -3.63. The normalized spacial score (nSPS) is 4.00. The average Bonchev–Trinajstić information content (AvgIpc) is 0.811. The number of hydrogen-bond acceptors (Lipinski definition) is 3. The topological polar surface area (TPSA) is 63.2 Å². The van der Waals surface area contributed by atoms with E-state index >= 15 is 0 Å². The first-order valence-electron chi connectivity index (χ1n) is 0.612. The van der Waals surface area contributed by atoms with Gasteiger partial charge < -0.3 is 14.1 Å². The van der Waals surface area contributed by atoms with Crippen molar-refractivity contribution in [3.63, 3.8) is 0 Å².